The maximum Gasteiger partial charge on any atom is 0.336 e. The van der Waals surface area contributed by atoms with Gasteiger partial charge in [-0.25, -0.2) is 4.79 Å². The van der Waals surface area contributed by atoms with Crippen molar-refractivity contribution in [2.45, 2.75) is 6.61 Å². The lowest BCUT2D eigenvalue weighted by Gasteiger charge is -2.10. The molecule has 0 saturated heterocycles. The molecule has 0 unspecified atom stereocenters. The molecule has 20 heavy (non-hydrogen) atoms. The number of methoxy groups -OCH3 is 1. The summed E-state index contributed by atoms with van der Waals surface area (Å²) in [6.07, 6.45) is 0. The van der Waals surface area contributed by atoms with Gasteiger partial charge in [0.05, 0.1) is 12.7 Å². The minimum atomic E-state index is -0.976. The summed E-state index contributed by atoms with van der Waals surface area (Å²) in [6, 6.07) is 12.3. The lowest BCUT2D eigenvalue weighted by molar-refractivity contribution is 0.0694. The molecule has 2 rings (SSSR count). The van der Waals surface area contributed by atoms with E-state index in [1.165, 1.54) is 0 Å². The Morgan fingerprint density at radius 1 is 1.20 bits per heavy atom. The first-order chi connectivity index (χ1) is 9.60. The van der Waals surface area contributed by atoms with Crippen molar-refractivity contribution in [3.05, 3.63) is 58.1 Å². The molecule has 0 radical (unpaired) electrons. The zero-order valence-electron chi connectivity index (χ0n) is 10.8. The molecule has 0 saturated carbocycles. The van der Waals surface area contributed by atoms with Crippen LogP contribution in [-0.4, -0.2) is 18.2 Å². The standard InChI is InChI=1S/C15H13BrO4/c1-19-12-3-2-4-13(8-12)20-9-10-5-6-11(16)7-14(10)15(17)18/h2-8H,9H2,1H3,(H,17,18). The third-order valence-electron chi connectivity index (χ3n) is 2.74. The van der Waals surface area contributed by atoms with E-state index in [0.29, 0.717) is 17.1 Å². The number of halogens is 1. The van der Waals surface area contributed by atoms with Gasteiger partial charge in [-0.2, -0.15) is 0 Å². The fourth-order valence-corrected chi connectivity index (χ4v) is 2.09. The Morgan fingerprint density at radius 3 is 2.65 bits per heavy atom. The third-order valence-corrected chi connectivity index (χ3v) is 3.23. The molecule has 0 aliphatic heterocycles. The van der Waals surface area contributed by atoms with Gasteiger partial charge in [-0.3, -0.25) is 0 Å². The zero-order valence-corrected chi connectivity index (χ0v) is 12.4. The number of ether oxygens (including phenoxy) is 2. The number of rotatable bonds is 5. The predicted molar refractivity (Wildman–Crippen MR) is 78.4 cm³/mol. The van der Waals surface area contributed by atoms with E-state index < -0.39 is 5.97 Å². The normalized spacial score (nSPS) is 10.1. The largest absolute Gasteiger partial charge is 0.497 e. The Labute approximate surface area is 125 Å². The van der Waals surface area contributed by atoms with E-state index in [-0.39, 0.29) is 12.2 Å². The molecule has 4 nitrogen and oxygen atoms in total. The SMILES string of the molecule is COc1cccc(OCc2ccc(Br)cc2C(=O)O)c1. The Hall–Kier alpha value is -2.01. The number of hydrogen-bond acceptors (Lipinski definition) is 3. The molecule has 0 aliphatic carbocycles. The van der Waals surface area contributed by atoms with Crippen LogP contribution >= 0.6 is 15.9 Å². The molecule has 2 aromatic rings. The van der Waals surface area contributed by atoms with Gasteiger partial charge in [0.2, 0.25) is 0 Å². The van der Waals surface area contributed by atoms with Crippen LogP contribution in [0.3, 0.4) is 0 Å². The van der Waals surface area contributed by atoms with Crippen LogP contribution in [0.5, 0.6) is 11.5 Å². The molecule has 0 aromatic heterocycles. The first-order valence-electron chi connectivity index (χ1n) is 5.88. The van der Waals surface area contributed by atoms with Gasteiger partial charge in [0.1, 0.15) is 18.1 Å². The van der Waals surface area contributed by atoms with E-state index in [4.69, 9.17) is 9.47 Å². The first kappa shape index (κ1) is 14.4. The van der Waals surface area contributed by atoms with E-state index in [1.54, 1.807) is 37.4 Å². The highest BCUT2D eigenvalue weighted by Gasteiger charge is 2.11. The van der Waals surface area contributed by atoms with E-state index in [0.717, 1.165) is 4.47 Å². The van der Waals surface area contributed by atoms with Crippen molar-refractivity contribution in [3.8, 4) is 11.5 Å². The lowest BCUT2D eigenvalue weighted by atomic mass is 10.1. The van der Waals surface area contributed by atoms with Crippen molar-refractivity contribution in [2.24, 2.45) is 0 Å². The quantitative estimate of drug-likeness (QED) is 0.903. The number of carboxylic acids is 1. The van der Waals surface area contributed by atoms with Crippen molar-refractivity contribution < 1.29 is 19.4 Å². The summed E-state index contributed by atoms with van der Waals surface area (Å²) in [7, 11) is 1.58. The van der Waals surface area contributed by atoms with Crippen LogP contribution in [0.4, 0.5) is 0 Å². The van der Waals surface area contributed by atoms with E-state index in [2.05, 4.69) is 15.9 Å². The van der Waals surface area contributed by atoms with Gasteiger partial charge in [0.15, 0.2) is 0 Å². The molecule has 0 fully saturated rings. The van der Waals surface area contributed by atoms with Crippen molar-refractivity contribution >= 4 is 21.9 Å². The molecule has 104 valence electrons. The summed E-state index contributed by atoms with van der Waals surface area (Å²) >= 11 is 3.26. The molecule has 0 aliphatic rings. The monoisotopic (exact) mass is 336 g/mol. The van der Waals surface area contributed by atoms with Crippen molar-refractivity contribution in [1.29, 1.82) is 0 Å². The van der Waals surface area contributed by atoms with Crippen LogP contribution in [0.25, 0.3) is 0 Å². The summed E-state index contributed by atoms with van der Waals surface area (Å²) in [5.74, 6) is 0.343. The molecule has 0 amide bonds. The molecule has 0 bridgehead atoms. The molecular weight excluding hydrogens is 324 g/mol. The van der Waals surface area contributed by atoms with Crippen LogP contribution in [0.2, 0.25) is 0 Å². The fraction of sp³-hybridized carbons (Fsp3) is 0.133. The number of carboxylic acid groups (broad SMARTS) is 1. The van der Waals surface area contributed by atoms with Crippen LogP contribution in [0, 0.1) is 0 Å². The minimum absolute atomic E-state index is 0.183. The highest BCUT2D eigenvalue weighted by Crippen LogP contribution is 2.22. The molecule has 0 spiro atoms. The second-order valence-corrected chi connectivity index (χ2v) is 4.99. The highest BCUT2D eigenvalue weighted by molar-refractivity contribution is 9.10. The second-order valence-electron chi connectivity index (χ2n) is 4.07. The van der Waals surface area contributed by atoms with Gasteiger partial charge in [0, 0.05) is 16.1 Å². The molecule has 5 heteroatoms. The second kappa shape index (κ2) is 6.43. The minimum Gasteiger partial charge on any atom is -0.497 e. The summed E-state index contributed by atoms with van der Waals surface area (Å²) in [5, 5.41) is 9.17. The maximum absolute atomic E-state index is 11.2. The Morgan fingerprint density at radius 2 is 1.95 bits per heavy atom. The van der Waals surface area contributed by atoms with Crippen molar-refractivity contribution in [3.63, 3.8) is 0 Å². The number of aromatic carboxylic acids is 1. The first-order valence-corrected chi connectivity index (χ1v) is 6.68. The van der Waals surface area contributed by atoms with Gasteiger partial charge in [-0.15, -0.1) is 0 Å². The van der Waals surface area contributed by atoms with Crippen molar-refractivity contribution in [1.82, 2.24) is 0 Å². The predicted octanol–water partition coefficient (Wildman–Crippen LogP) is 3.73. The smallest absolute Gasteiger partial charge is 0.336 e. The van der Waals surface area contributed by atoms with Crippen molar-refractivity contribution in [2.75, 3.05) is 7.11 Å². The van der Waals surface area contributed by atoms with Crippen LogP contribution in [0.1, 0.15) is 15.9 Å². The Bertz CT molecular complexity index is 625. The molecular formula is C15H13BrO4. The molecule has 0 atom stereocenters. The summed E-state index contributed by atoms with van der Waals surface area (Å²) in [5.41, 5.74) is 0.839. The zero-order chi connectivity index (χ0) is 14.5. The number of carbonyl (C=O) groups is 1. The summed E-state index contributed by atoms with van der Waals surface area (Å²) < 4.78 is 11.4. The van der Waals surface area contributed by atoms with E-state index >= 15 is 0 Å². The van der Waals surface area contributed by atoms with Gasteiger partial charge in [-0.05, 0) is 24.3 Å². The Kier molecular flexibility index (Phi) is 4.63. The van der Waals surface area contributed by atoms with Gasteiger partial charge >= 0.3 is 5.97 Å². The number of benzene rings is 2. The highest BCUT2D eigenvalue weighted by atomic mass is 79.9. The van der Waals surface area contributed by atoms with E-state index in [9.17, 15) is 9.90 Å². The third kappa shape index (κ3) is 3.51. The van der Waals surface area contributed by atoms with Crippen LogP contribution < -0.4 is 9.47 Å². The average molecular weight is 337 g/mol. The summed E-state index contributed by atoms with van der Waals surface area (Å²) in [6.45, 7) is 0.183. The van der Waals surface area contributed by atoms with Gasteiger partial charge in [0.25, 0.3) is 0 Å². The fourth-order valence-electron chi connectivity index (χ4n) is 1.73. The van der Waals surface area contributed by atoms with Crippen LogP contribution in [0.15, 0.2) is 46.9 Å². The number of hydrogen-bond donors (Lipinski definition) is 1. The van der Waals surface area contributed by atoms with Gasteiger partial charge in [-0.1, -0.05) is 28.1 Å². The van der Waals surface area contributed by atoms with Gasteiger partial charge < -0.3 is 14.6 Å². The van der Waals surface area contributed by atoms with E-state index in [1.807, 2.05) is 12.1 Å². The summed E-state index contributed by atoms with van der Waals surface area (Å²) in [4.78, 5) is 11.2. The molecule has 1 N–H and O–H groups in total. The lowest BCUT2D eigenvalue weighted by Crippen LogP contribution is -2.05. The topological polar surface area (TPSA) is 55.8 Å². The molecule has 2 aromatic carbocycles. The molecule has 0 heterocycles. The van der Waals surface area contributed by atoms with Crippen LogP contribution in [-0.2, 0) is 6.61 Å². The maximum atomic E-state index is 11.2. The average Bonchev–Trinajstić information content (AvgIpc) is 2.46. The Balaban J connectivity index is 2.16.